The van der Waals surface area contributed by atoms with Crippen molar-refractivity contribution in [1.29, 1.82) is 0 Å². The van der Waals surface area contributed by atoms with Gasteiger partial charge >= 0.3 is 5.97 Å². The fourth-order valence-corrected chi connectivity index (χ4v) is 16.8. The second-order valence-electron chi connectivity index (χ2n) is 14.7. The third-order valence-electron chi connectivity index (χ3n) is 9.63. The Hall–Kier alpha value is -3.86. The molecule has 5 rings (SSSR count). The highest BCUT2D eigenvalue weighted by atomic mass is 28.4. The average molecular weight is 677 g/mol. The van der Waals surface area contributed by atoms with Crippen LogP contribution in [-0.4, -0.2) is 51.1 Å². The number of carboxylic acid groups (broad SMARTS) is 1. The van der Waals surface area contributed by atoms with E-state index in [9.17, 15) is 15.0 Å². The lowest BCUT2D eigenvalue weighted by Gasteiger charge is -2.51. The van der Waals surface area contributed by atoms with Gasteiger partial charge in [0.15, 0.2) is 0 Å². The molecule has 5 nitrogen and oxygen atoms in total. The predicted octanol–water partition coefficient (Wildman–Crippen LogP) is 6.21. The highest BCUT2D eigenvalue weighted by Crippen LogP contribution is 2.44. The van der Waals surface area contributed by atoms with Gasteiger partial charge in [0.2, 0.25) is 0 Å². The number of hydrogen-bond acceptors (Lipinski definition) is 4. The summed E-state index contributed by atoms with van der Waals surface area (Å²) in [6.07, 6.45) is -1.41. The van der Waals surface area contributed by atoms with E-state index in [4.69, 9.17) is 8.85 Å². The van der Waals surface area contributed by atoms with E-state index >= 15 is 0 Å². The summed E-state index contributed by atoms with van der Waals surface area (Å²) in [7, 11) is -6.31. The second kappa shape index (κ2) is 13.9. The molecular formula is C41H48O5Si2. The Balaban J connectivity index is 1.71. The number of carbonyl (C=O) groups is 1. The van der Waals surface area contributed by atoms with Crippen molar-refractivity contribution >= 4 is 43.4 Å². The number of aliphatic hydroxyl groups is 1. The number of aliphatic carboxylic acids is 1. The highest BCUT2D eigenvalue weighted by Gasteiger charge is 2.57. The van der Waals surface area contributed by atoms with E-state index in [1.165, 1.54) is 6.08 Å². The van der Waals surface area contributed by atoms with Crippen LogP contribution in [0.15, 0.2) is 145 Å². The molecule has 4 aromatic rings. The molecule has 1 aliphatic carbocycles. The molecule has 7 heteroatoms. The molecule has 48 heavy (non-hydrogen) atoms. The lowest BCUT2D eigenvalue weighted by molar-refractivity contribution is -0.131. The molecular weight excluding hydrogens is 629 g/mol. The number of hydrogen-bond donors (Lipinski definition) is 2. The zero-order chi connectivity index (χ0) is 34.7. The van der Waals surface area contributed by atoms with Crippen molar-refractivity contribution in [2.24, 2.45) is 0 Å². The van der Waals surface area contributed by atoms with Gasteiger partial charge in [-0.25, -0.2) is 4.79 Å². The summed E-state index contributed by atoms with van der Waals surface area (Å²) in [5.41, 5.74) is 0.985. The molecule has 0 heterocycles. The van der Waals surface area contributed by atoms with E-state index in [-0.39, 0.29) is 16.5 Å². The summed E-state index contributed by atoms with van der Waals surface area (Å²) >= 11 is 0. The molecule has 0 aromatic heterocycles. The van der Waals surface area contributed by atoms with Crippen molar-refractivity contribution in [3.8, 4) is 0 Å². The topological polar surface area (TPSA) is 76.0 Å². The van der Waals surface area contributed by atoms with Crippen LogP contribution in [0, 0.1) is 0 Å². The van der Waals surface area contributed by atoms with Crippen LogP contribution in [0.25, 0.3) is 0 Å². The van der Waals surface area contributed by atoms with Crippen LogP contribution in [0.5, 0.6) is 0 Å². The Labute approximate surface area is 287 Å². The van der Waals surface area contributed by atoms with Crippen LogP contribution in [0.1, 0.15) is 48.0 Å². The van der Waals surface area contributed by atoms with Gasteiger partial charge in [-0.3, -0.25) is 0 Å². The lowest BCUT2D eigenvalue weighted by Crippen LogP contribution is -2.71. The molecule has 0 aliphatic heterocycles. The van der Waals surface area contributed by atoms with Gasteiger partial charge in [0.1, 0.15) is 6.10 Å². The Bertz CT molecular complexity index is 1650. The molecule has 3 atom stereocenters. The molecule has 0 bridgehead atoms. The number of benzene rings is 4. The quantitative estimate of drug-likeness (QED) is 0.163. The Kier molecular flexibility index (Phi) is 10.3. The molecule has 1 saturated carbocycles. The smallest absolute Gasteiger partial charge is 0.328 e. The van der Waals surface area contributed by atoms with Crippen molar-refractivity contribution in [3.63, 3.8) is 0 Å². The van der Waals surface area contributed by atoms with E-state index in [2.05, 4.69) is 96.7 Å². The summed E-state index contributed by atoms with van der Waals surface area (Å²) in [5, 5.41) is 26.1. The maximum atomic E-state index is 12.6. The van der Waals surface area contributed by atoms with Crippen LogP contribution in [0.4, 0.5) is 0 Å². The van der Waals surface area contributed by atoms with Crippen molar-refractivity contribution in [1.82, 2.24) is 0 Å². The van der Waals surface area contributed by atoms with E-state index in [0.29, 0.717) is 11.1 Å². The summed E-state index contributed by atoms with van der Waals surface area (Å²) < 4.78 is 15.0. The first-order valence-corrected chi connectivity index (χ1v) is 20.4. The minimum absolute atomic E-state index is 0.192. The van der Waals surface area contributed by atoms with Crippen LogP contribution in [-0.2, 0) is 13.6 Å². The molecule has 1 aliphatic rings. The lowest BCUT2D eigenvalue weighted by atomic mass is 9.84. The van der Waals surface area contributed by atoms with E-state index in [1.54, 1.807) is 0 Å². The third-order valence-corrected chi connectivity index (χ3v) is 19.7. The predicted molar refractivity (Wildman–Crippen MR) is 200 cm³/mol. The maximum Gasteiger partial charge on any atom is 0.328 e. The first kappa shape index (κ1) is 35.5. The fraction of sp³-hybridized carbons (Fsp3) is 0.293. The molecule has 3 unspecified atom stereocenters. The molecule has 1 fully saturated rings. The van der Waals surface area contributed by atoms with Gasteiger partial charge in [-0.05, 0) is 42.0 Å². The molecule has 250 valence electrons. The number of carboxylic acids is 1. The number of aliphatic hydroxyl groups excluding tert-OH is 1. The fourth-order valence-electron chi connectivity index (χ4n) is 7.41. The third kappa shape index (κ3) is 6.58. The summed E-state index contributed by atoms with van der Waals surface area (Å²) in [6, 6.07) is 41.0. The van der Waals surface area contributed by atoms with Gasteiger partial charge in [0, 0.05) is 12.5 Å². The van der Waals surface area contributed by atoms with Crippen molar-refractivity contribution in [3.05, 3.63) is 145 Å². The van der Waals surface area contributed by atoms with E-state index in [0.717, 1.165) is 20.7 Å². The van der Waals surface area contributed by atoms with Gasteiger partial charge in [0.05, 0.1) is 12.2 Å². The van der Waals surface area contributed by atoms with Crippen LogP contribution in [0.3, 0.4) is 0 Å². The van der Waals surface area contributed by atoms with Crippen LogP contribution in [0.2, 0.25) is 10.1 Å². The summed E-state index contributed by atoms with van der Waals surface area (Å²) in [4.78, 5) is 12.2. The standard InChI is InChI=1S/C41H48O5Si2/c1-30-31(29-37(42)43)28-36(45-47(40(2,3)4,32-20-12-8-13-21-32)33-22-14-9-15-23-33)38(44)39(30)46-48(41(5,6)7,34-24-16-10-17-25-34)35-26-18-11-19-27-35/h8-27,29,36,38-39,44H,1,28H2,2-7H3,(H,42,43)/b31-29+. The normalized spacial score (nSPS) is 20.1. The monoisotopic (exact) mass is 676 g/mol. The zero-order valence-electron chi connectivity index (χ0n) is 28.9. The summed E-state index contributed by atoms with van der Waals surface area (Å²) in [5.74, 6) is -1.07. The van der Waals surface area contributed by atoms with Crippen molar-refractivity contribution in [2.75, 3.05) is 0 Å². The van der Waals surface area contributed by atoms with Gasteiger partial charge < -0.3 is 19.1 Å². The van der Waals surface area contributed by atoms with Gasteiger partial charge in [0.25, 0.3) is 16.6 Å². The second-order valence-corrected chi connectivity index (χ2v) is 23.3. The van der Waals surface area contributed by atoms with Crippen molar-refractivity contribution < 1.29 is 23.9 Å². The first-order valence-electron chi connectivity index (χ1n) is 16.6. The minimum Gasteiger partial charge on any atom is -0.478 e. The Morgan fingerprint density at radius 3 is 1.31 bits per heavy atom. The summed E-state index contributed by atoms with van der Waals surface area (Å²) in [6.45, 7) is 17.5. The minimum atomic E-state index is -3.18. The zero-order valence-corrected chi connectivity index (χ0v) is 30.9. The van der Waals surface area contributed by atoms with E-state index in [1.807, 2.05) is 72.8 Å². The molecule has 0 spiro atoms. The molecule has 0 radical (unpaired) electrons. The van der Waals surface area contributed by atoms with Crippen LogP contribution >= 0.6 is 0 Å². The highest BCUT2D eigenvalue weighted by molar-refractivity contribution is 7.00. The first-order chi connectivity index (χ1) is 22.7. The average Bonchev–Trinajstić information content (AvgIpc) is 3.06. The molecule has 2 N–H and O–H groups in total. The van der Waals surface area contributed by atoms with Gasteiger partial charge in [-0.1, -0.05) is 169 Å². The molecule has 4 aromatic carbocycles. The van der Waals surface area contributed by atoms with Crippen molar-refractivity contribution in [2.45, 2.75) is 76.4 Å². The SMILES string of the molecule is C=C1/C(=C/C(=O)O)CC(O[Si](c2ccccc2)(c2ccccc2)C(C)(C)C)C(O)C1O[Si](c1ccccc1)(c1ccccc1)C(C)(C)C. The Morgan fingerprint density at radius 1 is 0.667 bits per heavy atom. The molecule has 0 amide bonds. The van der Waals surface area contributed by atoms with Crippen LogP contribution < -0.4 is 20.7 Å². The largest absolute Gasteiger partial charge is 0.478 e. The Morgan fingerprint density at radius 2 is 1.00 bits per heavy atom. The maximum absolute atomic E-state index is 12.6. The molecule has 0 saturated heterocycles. The number of rotatable bonds is 9. The van der Waals surface area contributed by atoms with Gasteiger partial charge in [-0.2, -0.15) is 0 Å². The van der Waals surface area contributed by atoms with Gasteiger partial charge in [-0.15, -0.1) is 0 Å². The van der Waals surface area contributed by atoms with E-state index < -0.39 is 40.9 Å².